The van der Waals surface area contributed by atoms with E-state index in [9.17, 15) is 0 Å². The summed E-state index contributed by atoms with van der Waals surface area (Å²) in [6.07, 6.45) is 0. The average Bonchev–Trinajstić information content (AvgIpc) is 2.28. The largest absolute Gasteiger partial charge is 0.399 e. The number of anilines is 3. The van der Waals surface area contributed by atoms with Gasteiger partial charge in [-0.1, -0.05) is 34.8 Å². The van der Waals surface area contributed by atoms with Gasteiger partial charge in [0.1, 0.15) is 0 Å². The Kier molecular flexibility index (Phi) is 4.28. The van der Waals surface area contributed by atoms with E-state index < -0.39 is 0 Å². The maximum absolute atomic E-state index is 6.09. The van der Waals surface area contributed by atoms with Gasteiger partial charge in [0.05, 0.1) is 20.8 Å². The lowest BCUT2D eigenvalue weighted by molar-refractivity contribution is 1.53. The Balaban J connectivity index is 2.37. The van der Waals surface area contributed by atoms with Crippen LogP contribution < -0.4 is 11.1 Å². The van der Waals surface area contributed by atoms with Gasteiger partial charge in [0.15, 0.2) is 0 Å². The van der Waals surface area contributed by atoms with Crippen molar-refractivity contribution in [2.24, 2.45) is 0 Å². The van der Waals surface area contributed by atoms with Crippen molar-refractivity contribution in [2.75, 3.05) is 11.1 Å². The van der Waals surface area contributed by atoms with Crippen molar-refractivity contribution in [3.05, 3.63) is 49.9 Å². The molecule has 94 valence electrons. The number of nitrogens with two attached hydrogens (primary N) is 1. The maximum atomic E-state index is 6.09. The molecule has 2 nitrogen and oxygen atoms in total. The summed E-state index contributed by atoms with van der Waals surface area (Å²) in [6, 6.07) is 8.72. The number of rotatable bonds is 2. The predicted octanol–water partition coefficient (Wildman–Crippen LogP) is 5.74. The topological polar surface area (TPSA) is 38.0 Å². The van der Waals surface area contributed by atoms with Crippen LogP contribution in [0.2, 0.25) is 15.1 Å². The summed E-state index contributed by atoms with van der Waals surface area (Å²) >= 11 is 21.5. The number of nitrogens with one attached hydrogen (secondary N) is 1. The lowest BCUT2D eigenvalue weighted by Crippen LogP contribution is -1.94. The molecular formula is C12H8BrCl3N2. The number of hydrogen-bond donors (Lipinski definition) is 2. The van der Waals surface area contributed by atoms with Gasteiger partial charge in [0.25, 0.3) is 0 Å². The Bertz CT molecular complexity index is 579. The van der Waals surface area contributed by atoms with Crippen molar-refractivity contribution >= 4 is 67.8 Å². The van der Waals surface area contributed by atoms with Crippen LogP contribution in [0, 0.1) is 0 Å². The fourth-order valence-corrected chi connectivity index (χ4v) is 2.53. The van der Waals surface area contributed by atoms with Crippen LogP contribution >= 0.6 is 50.7 Å². The molecular weight excluding hydrogens is 358 g/mol. The zero-order valence-electron chi connectivity index (χ0n) is 8.98. The van der Waals surface area contributed by atoms with Crippen LogP contribution in [0.5, 0.6) is 0 Å². The second-order valence-electron chi connectivity index (χ2n) is 3.61. The van der Waals surface area contributed by atoms with Crippen molar-refractivity contribution in [3.8, 4) is 0 Å². The third-order valence-corrected chi connectivity index (χ3v) is 4.06. The van der Waals surface area contributed by atoms with Crippen LogP contribution in [-0.4, -0.2) is 0 Å². The summed E-state index contributed by atoms with van der Waals surface area (Å²) in [5, 5.41) is 4.69. The molecule has 0 bridgehead atoms. The molecule has 0 aliphatic rings. The second kappa shape index (κ2) is 5.57. The van der Waals surface area contributed by atoms with Gasteiger partial charge in [0.2, 0.25) is 0 Å². The number of benzene rings is 2. The molecule has 6 heteroatoms. The van der Waals surface area contributed by atoms with Crippen molar-refractivity contribution in [2.45, 2.75) is 0 Å². The Labute approximate surface area is 128 Å². The van der Waals surface area contributed by atoms with Gasteiger partial charge in [-0.3, -0.25) is 0 Å². The summed E-state index contributed by atoms with van der Waals surface area (Å²) in [5.41, 5.74) is 7.60. The van der Waals surface area contributed by atoms with E-state index in [1.165, 1.54) is 0 Å². The Morgan fingerprint density at radius 3 is 2.11 bits per heavy atom. The number of hydrogen-bond acceptors (Lipinski definition) is 2. The standard InChI is InChI=1S/C12H8BrCl3N2/c13-8-5-7(1-2-9(8)14)18-12-10(15)3-6(17)4-11(12)16/h1-5,18H,17H2. The summed E-state index contributed by atoms with van der Waals surface area (Å²) < 4.78 is 0.789. The molecule has 2 aromatic rings. The van der Waals surface area contributed by atoms with Gasteiger partial charge in [-0.25, -0.2) is 0 Å². The van der Waals surface area contributed by atoms with E-state index >= 15 is 0 Å². The van der Waals surface area contributed by atoms with Gasteiger partial charge in [-0.05, 0) is 46.3 Å². The minimum Gasteiger partial charge on any atom is -0.399 e. The van der Waals surface area contributed by atoms with Gasteiger partial charge in [-0.2, -0.15) is 0 Å². The third kappa shape index (κ3) is 3.04. The average molecular weight is 366 g/mol. The van der Waals surface area contributed by atoms with E-state index in [1.807, 2.05) is 12.1 Å². The zero-order valence-corrected chi connectivity index (χ0v) is 12.8. The molecule has 0 heterocycles. The van der Waals surface area contributed by atoms with Crippen LogP contribution in [0.4, 0.5) is 17.1 Å². The smallest absolute Gasteiger partial charge is 0.0764 e. The number of halogens is 4. The summed E-state index contributed by atoms with van der Waals surface area (Å²) in [6.45, 7) is 0. The Hall–Kier alpha value is -0.610. The summed E-state index contributed by atoms with van der Waals surface area (Å²) in [5.74, 6) is 0. The molecule has 0 aliphatic carbocycles. The normalized spacial score (nSPS) is 10.4. The highest BCUT2D eigenvalue weighted by Gasteiger charge is 2.08. The molecule has 0 radical (unpaired) electrons. The minimum absolute atomic E-state index is 0.464. The molecule has 0 aromatic heterocycles. The van der Waals surface area contributed by atoms with E-state index in [1.54, 1.807) is 18.2 Å². The highest BCUT2D eigenvalue weighted by molar-refractivity contribution is 9.10. The van der Waals surface area contributed by atoms with Crippen LogP contribution in [0.15, 0.2) is 34.8 Å². The second-order valence-corrected chi connectivity index (χ2v) is 5.69. The molecule has 0 amide bonds. The number of nitrogen functional groups attached to an aromatic ring is 1. The highest BCUT2D eigenvalue weighted by atomic mass is 79.9. The van der Waals surface area contributed by atoms with Crippen molar-refractivity contribution in [3.63, 3.8) is 0 Å². The maximum Gasteiger partial charge on any atom is 0.0764 e. The molecule has 0 saturated heterocycles. The SMILES string of the molecule is Nc1cc(Cl)c(Nc2ccc(Cl)c(Br)c2)c(Cl)c1. The van der Waals surface area contributed by atoms with Crippen molar-refractivity contribution in [1.29, 1.82) is 0 Å². The van der Waals surface area contributed by atoms with E-state index in [2.05, 4.69) is 21.2 Å². The molecule has 0 unspecified atom stereocenters. The first-order valence-electron chi connectivity index (χ1n) is 4.94. The minimum atomic E-state index is 0.464. The Morgan fingerprint density at radius 2 is 1.56 bits per heavy atom. The highest BCUT2D eigenvalue weighted by Crippen LogP contribution is 2.36. The van der Waals surface area contributed by atoms with Gasteiger partial charge < -0.3 is 11.1 Å². The monoisotopic (exact) mass is 364 g/mol. The molecule has 0 atom stereocenters. The fourth-order valence-electron chi connectivity index (χ4n) is 1.43. The molecule has 2 aromatic carbocycles. The van der Waals surface area contributed by atoms with E-state index in [0.717, 1.165) is 10.2 Å². The van der Waals surface area contributed by atoms with Crippen LogP contribution in [0.1, 0.15) is 0 Å². The first kappa shape index (κ1) is 13.8. The first-order valence-corrected chi connectivity index (χ1v) is 6.86. The van der Waals surface area contributed by atoms with Crippen LogP contribution in [-0.2, 0) is 0 Å². The van der Waals surface area contributed by atoms with E-state index in [4.69, 9.17) is 40.5 Å². The first-order chi connectivity index (χ1) is 8.47. The van der Waals surface area contributed by atoms with Crippen molar-refractivity contribution < 1.29 is 0 Å². The molecule has 0 fully saturated rings. The quantitative estimate of drug-likeness (QED) is 0.666. The van der Waals surface area contributed by atoms with Crippen LogP contribution in [0.25, 0.3) is 0 Å². The molecule has 0 saturated carbocycles. The molecule has 3 N–H and O–H groups in total. The molecule has 2 rings (SSSR count). The third-order valence-electron chi connectivity index (χ3n) is 2.25. The predicted molar refractivity (Wildman–Crippen MR) is 83.3 cm³/mol. The van der Waals surface area contributed by atoms with E-state index in [-0.39, 0.29) is 0 Å². The molecule has 0 aliphatic heterocycles. The van der Waals surface area contributed by atoms with Gasteiger partial charge in [-0.15, -0.1) is 0 Å². The lowest BCUT2D eigenvalue weighted by Gasteiger charge is -2.12. The van der Waals surface area contributed by atoms with Crippen LogP contribution in [0.3, 0.4) is 0 Å². The lowest BCUT2D eigenvalue weighted by atomic mass is 10.2. The van der Waals surface area contributed by atoms with Gasteiger partial charge >= 0.3 is 0 Å². The summed E-state index contributed by atoms with van der Waals surface area (Å²) in [4.78, 5) is 0. The fraction of sp³-hybridized carbons (Fsp3) is 0. The van der Waals surface area contributed by atoms with Gasteiger partial charge in [0, 0.05) is 15.8 Å². The summed E-state index contributed by atoms with van der Waals surface area (Å²) in [7, 11) is 0. The molecule has 0 spiro atoms. The Morgan fingerprint density at radius 1 is 0.944 bits per heavy atom. The van der Waals surface area contributed by atoms with Crippen molar-refractivity contribution in [1.82, 2.24) is 0 Å². The zero-order chi connectivity index (χ0) is 13.3. The molecule has 18 heavy (non-hydrogen) atoms. The van der Waals surface area contributed by atoms with E-state index in [0.29, 0.717) is 26.4 Å².